The van der Waals surface area contributed by atoms with Crippen molar-refractivity contribution in [1.29, 1.82) is 0 Å². The average Bonchev–Trinajstić information content (AvgIpc) is 2.47. The van der Waals surface area contributed by atoms with Crippen LogP contribution in [0.5, 0.6) is 0 Å². The molecule has 0 radical (unpaired) electrons. The number of benzene rings is 1. The van der Waals surface area contributed by atoms with Crippen LogP contribution in [0.3, 0.4) is 0 Å². The first-order chi connectivity index (χ1) is 9.03. The highest BCUT2D eigenvalue weighted by Gasteiger charge is 2.29. The number of piperazine rings is 1. The van der Waals surface area contributed by atoms with Crippen LogP contribution in [0.4, 0.5) is 0 Å². The van der Waals surface area contributed by atoms with E-state index in [4.69, 9.17) is 23.2 Å². The Bertz CT molecular complexity index is 567. The summed E-state index contributed by atoms with van der Waals surface area (Å²) in [6.45, 7) is 2.04. The van der Waals surface area contributed by atoms with Crippen LogP contribution in [0, 0.1) is 0 Å². The van der Waals surface area contributed by atoms with Crippen LogP contribution in [0.25, 0.3) is 5.03 Å². The Kier molecular flexibility index (Phi) is 4.86. The lowest BCUT2D eigenvalue weighted by Crippen LogP contribution is -2.46. The fourth-order valence-electron chi connectivity index (χ4n) is 1.81. The second-order valence-corrected chi connectivity index (χ2v) is 6.96. The quantitative estimate of drug-likeness (QED) is 0.927. The van der Waals surface area contributed by atoms with Gasteiger partial charge in [-0.1, -0.05) is 53.5 Å². The maximum Gasteiger partial charge on any atom is 0.255 e. The Morgan fingerprint density at radius 3 is 2.26 bits per heavy atom. The van der Waals surface area contributed by atoms with Crippen molar-refractivity contribution < 1.29 is 8.42 Å². The van der Waals surface area contributed by atoms with E-state index in [0.29, 0.717) is 31.7 Å². The fraction of sp³-hybridized carbons (Fsp3) is 0.333. The van der Waals surface area contributed by atoms with Crippen molar-refractivity contribution in [1.82, 2.24) is 9.62 Å². The van der Waals surface area contributed by atoms with Crippen molar-refractivity contribution in [2.24, 2.45) is 0 Å². The molecular formula is C12H14Cl2N2O2S. The van der Waals surface area contributed by atoms with Crippen LogP contribution < -0.4 is 5.32 Å². The third-order valence-electron chi connectivity index (χ3n) is 2.84. The smallest absolute Gasteiger partial charge is 0.255 e. The molecule has 2 rings (SSSR count). The van der Waals surface area contributed by atoms with Gasteiger partial charge in [-0.05, 0) is 5.56 Å². The van der Waals surface area contributed by atoms with Gasteiger partial charge in [0.1, 0.15) is 0 Å². The third-order valence-corrected chi connectivity index (χ3v) is 5.93. The summed E-state index contributed by atoms with van der Waals surface area (Å²) in [4.78, 5) is 0. The van der Waals surface area contributed by atoms with Crippen LogP contribution in [0.1, 0.15) is 5.56 Å². The van der Waals surface area contributed by atoms with Gasteiger partial charge in [-0.15, -0.1) is 0 Å². The van der Waals surface area contributed by atoms with Gasteiger partial charge in [0.2, 0.25) is 0 Å². The molecule has 1 aliphatic rings. The van der Waals surface area contributed by atoms with Crippen LogP contribution in [-0.2, 0) is 10.0 Å². The van der Waals surface area contributed by atoms with Gasteiger partial charge < -0.3 is 5.32 Å². The average molecular weight is 321 g/mol. The van der Waals surface area contributed by atoms with E-state index in [9.17, 15) is 8.42 Å². The van der Waals surface area contributed by atoms with E-state index in [1.807, 2.05) is 6.07 Å². The summed E-state index contributed by atoms with van der Waals surface area (Å²) in [5, 5.41) is 3.14. The lowest BCUT2D eigenvalue weighted by Gasteiger charge is -2.26. The minimum Gasteiger partial charge on any atom is -0.314 e. The Morgan fingerprint density at radius 1 is 1.11 bits per heavy atom. The number of nitrogens with one attached hydrogen (secondary N) is 1. The van der Waals surface area contributed by atoms with E-state index in [-0.39, 0.29) is 9.40 Å². The molecule has 1 N–H and O–H groups in total. The van der Waals surface area contributed by atoms with Gasteiger partial charge in [-0.2, -0.15) is 4.31 Å². The molecule has 0 aliphatic carbocycles. The number of rotatable bonds is 3. The summed E-state index contributed by atoms with van der Waals surface area (Å²) in [5.41, 5.74) is 0.591. The Hall–Kier alpha value is -0.590. The summed E-state index contributed by atoms with van der Waals surface area (Å²) in [6, 6.07) is 8.82. The summed E-state index contributed by atoms with van der Waals surface area (Å²) < 4.78 is 25.7. The SMILES string of the molecule is O=S(=O)(C(Cl)=C(Cl)c1ccccc1)N1CCNCC1. The molecule has 0 bridgehead atoms. The molecule has 1 saturated heterocycles. The normalized spacial score (nSPS) is 19.1. The molecule has 0 aromatic heterocycles. The number of hydrogen-bond donors (Lipinski definition) is 1. The summed E-state index contributed by atoms with van der Waals surface area (Å²) in [7, 11) is -3.70. The molecule has 1 aliphatic heterocycles. The van der Waals surface area contributed by atoms with Crippen LogP contribution in [0.15, 0.2) is 34.7 Å². The molecular weight excluding hydrogens is 307 g/mol. The van der Waals surface area contributed by atoms with E-state index < -0.39 is 10.0 Å². The second kappa shape index (κ2) is 6.24. The van der Waals surface area contributed by atoms with E-state index in [2.05, 4.69) is 5.32 Å². The van der Waals surface area contributed by atoms with Crippen molar-refractivity contribution >= 4 is 38.3 Å². The highest BCUT2D eigenvalue weighted by molar-refractivity contribution is 7.95. The minimum absolute atomic E-state index is 0.0563. The lowest BCUT2D eigenvalue weighted by atomic mass is 10.2. The highest BCUT2D eigenvalue weighted by Crippen LogP contribution is 2.30. The van der Waals surface area contributed by atoms with Crippen molar-refractivity contribution in [2.45, 2.75) is 0 Å². The van der Waals surface area contributed by atoms with Gasteiger partial charge in [-0.25, -0.2) is 8.42 Å². The predicted molar refractivity (Wildman–Crippen MR) is 78.4 cm³/mol. The van der Waals surface area contributed by atoms with E-state index in [0.717, 1.165) is 0 Å². The zero-order valence-electron chi connectivity index (χ0n) is 10.1. The molecule has 1 heterocycles. The first-order valence-electron chi connectivity index (χ1n) is 5.85. The standard InChI is InChI=1S/C12H14Cl2N2O2S/c13-11(10-4-2-1-3-5-10)12(14)19(17,18)16-8-6-15-7-9-16/h1-5,15H,6-9H2. The topological polar surface area (TPSA) is 49.4 Å². The molecule has 0 unspecified atom stereocenters. The molecule has 1 aromatic rings. The van der Waals surface area contributed by atoms with Crippen LogP contribution in [0.2, 0.25) is 0 Å². The molecule has 1 aromatic carbocycles. The predicted octanol–water partition coefficient (Wildman–Crippen LogP) is 2.03. The van der Waals surface area contributed by atoms with Gasteiger partial charge in [0.05, 0.1) is 5.03 Å². The Labute approximate surface area is 123 Å². The van der Waals surface area contributed by atoms with E-state index in [1.54, 1.807) is 24.3 Å². The number of sulfonamides is 1. The second-order valence-electron chi connectivity index (χ2n) is 4.11. The molecule has 1 fully saturated rings. The first kappa shape index (κ1) is 14.8. The number of halogens is 2. The van der Waals surface area contributed by atoms with Crippen LogP contribution in [-0.4, -0.2) is 38.9 Å². The molecule has 104 valence electrons. The van der Waals surface area contributed by atoms with E-state index >= 15 is 0 Å². The molecule has 7 heteroatoms. The minimum atomic E-state index is -3.70. The van der Waals surface area contributed by atoms with Gasteiger partial charge >= 0.3 is 0 Å². The van der Waals surface area contributed by atoms with Gasteiger partial charge in [-0.3, -0.25) is 0 Å². The zero-order valence-corrected chi connectivity index (χ0v) is 12.5. The van der Waals surface area contributed by atoms with Crippen molar-refractivity contribution in [3.8, 4) is 0 Å². The number of nitrogens with zero attached hydrogens (tertiary/aromatic N) is 1. The monoisotopic (exact) mass is 320 g/mol. The lowest BCUT2D eigenvalue weighted by molar-refractivity contribution is 0.364. The maximum atomic E-state index is 12.3. The van der Waals surface area contributed by atoms with Crippen LogP contribution >= 0.6 is 23.2 Å². The molecule has 0 saturated carbocycles. The third kappa shape index (κ3) is 3.30. The van der Waals surface area contributed by atoms with Gasteiger partial charge in [0.25, 0.3) is 10.0 Å². The van der Waals surface area contributed by atoms with Gasteiger partial charge in [0, 0.05) is 26.2 Å². The maximum absolute atomic E-state index is 12.3. The fourth-order valence-corrected chi connectivity index (χ4v) is 3.86. The Morgan fingerprint density at radius 2 is 1.68 bits per heavy atom. The molecule has 0 atom stereocenters. The first-order valence-corrected chi connectivity index (χ1v) is 8.04. The summed E-state index contributed by atoms with van der Waals surface area (Å²) in [6.07, 6.45) is 0. The largest absolute Gasteiger partial charge is 0.314 e. The molecule has 0 amide bonds. The Balaban J connectivity index is 2.33. The van der Waals surface area contributed by atoms with Crippen molar-refractivity contribution in [3.05, 3.63) is 40.3 Å². The molecule has 4 nitrogen and oxygen atoms in total. The zero-order chi connectivity index (χ0) is 13.9. The highest BCUT2D eigenvalue weighted by atomic mass is 35.5. The van der Waals surface area contributed by atoms with Crippen molar-refractivity contribution in [2.75, 3.05) is 26.2 Å². The number of hydrogen-bond acceptors (Lipinski definition) is 3. The van der Waals surface area contributed by atoms with Crippen molar-refractivity contribution in [3.63, 3.8) is 0 Å². The summed E-state index contributed by atoms with van der Waals surface area (Å²) >= 11 is 12.1. The molecule has 0 spiro atoms. The summed E-state index contributed by atoms with van der Waals surface area (Å²) in [5.74, 6) is 0. The van der Waals surface area contributed by atoms with E-state index in [1.165, 1.54) is 4.31 Å². The molecule has 19 heavy (non-hydrogen) atoms. The van der Waals surface area contributed by atoms with Gasteiger partial charge in [0.15, 0.2) is 4.36 Å².